The lowest BCUT2D eigenvalue weighted by molar-refractivity contribution is 0.0957. The predicted octanol–water partition coefficient (Wildman–Crippen LogP) is 2.62. The molecule has 1 aliphatic heterocycles. The quantitative estimate of drug-likeness (QED) is 0.805. The number of benzene rings is 1. The second-order valence-corrected chi connectivity index (χ2v) is 5.72. The first kappa shape index (κ1) is 16.1. The molecule has 118 valence electrons. The first-order valence-electron chi connectivity index (χ1n) is 7.85. The smallest absolute Gasteiger partial charge is 0.165 e. The molecule has 0 aromatic heterocycles. The first-order chi connectivity index (χ1) is 10.2. The zero-order valence-electron chi connectivity index (χ0n) is 13.8. The van der Waals surface area contributed by atoms with Crippen LogP contribution in [0, 0.1) is 0 Å². The van der Waals surface area contributed by atoms with E-state index in [4.69, 9.17) is 9.47 Å². The van der Waals surface area contributed by atoms with Gasteiger partial charge in [0.2, 0.25) is 0 Å². The molecule has 1 atom stereocenters. The van der Waals surface area contributed by atoms with Crippen LogP contribution in [0.1, 0.15) is 25.8 Å². The van der Waals surface area contributed by atoms with Gasteiger partial charge in [-0.3, -0.25) is 9.80 Å². The number of nitrogens with zero attached hydrogens (tertiary/aromatic N) is 2. The van der Waals surface area contributed by atoms with Crippen LogP contribution in [0.15, 0.2) is 18.2 Å². The van der Waals surface area contributed by atoms with Crippen LogP contribution in [-0.2, 0) is 6.54 Å². The molecule has 4 heteroatoms. The highest BCUT2D eigenvalue weighted by molar-refractivity contribution is 5.46. The normalized spacial score (nSPS) is 18.5. The molecule has 0 radical (unpaired) electrons. The summed E-state index contributed by atoms with van der Waals surface area (Å²) in [5.74, 6) is 1.68. The lowest BCUT2D eigenvalue weighted by atomic mass is 10.1. The van der Waals surface area contributed by atoms with Gasteiger partial charge in [0.1, 0.15) is 0 Å². The lowest BCUT2D eigenvalue weighted by Gasteiger charge is -2.38. The van der Waals surface area contributed by atoms with E-state index in [-0.39, 0.29) is 0 Å². The summed E-state index contributed by atoms with van der Waals surface area (Å²) in [5.41, 5.74) is 1.20. The fourth-order valence-electron chi connectivity index (χ4n) is 2.94. The van der Waals surface area contributed by atoms with Gasteiger partial charge in [0, 0.05) is 44.3 Å². The van der Waals surface area contributed by atoms with Crippen molar-refractivity contribution in [2.45, 2.75) is 32.9 Å². The number of ether oxygens (including phenoxy) is 2. The van der Waals surface area contributed by atoms with Crippen LogP contribution in [-0.4, -0.2) is 56.2 Å². The van der Waals surface area contributed by atoms with Crippen LogP contribution in [0.4, 0.5) is 0 Å². The summed E-state index contributed by atoms with van der Waals surface area (Å²) in [4.78, 5) is 5.08. The second-order valence-electron chi connectivity index (χ2n) is 5.72. The minimum absolute atomic E-state index is 0.693. The van der Waals surface area contributed by atoms with Crippen molar-refractivity contribution in [3.05, 3.63) is 23.8 Å². The van der Waals surface area contributed by atoms with E-state index in [1.165, 1.54) is 12.0 Å². The fourth-order valence-corrected chi connectivity index (χ4v) is 2.94. The Bertz CT molecular complexity index is 442. The highest BCUT2D eigenvalue weighted by Crippen LogP contribution is 2.31. The zero-order valence-corrected chi connectivity index (χ0v) is 13.8. The van der Waals surface area contributed by atoms with Gasteiger partial charge in [0.25, 0.3) is 0 Å². The van der Waals surface area contributed by atoms with E-state index in [1.807, 2.05) is 12.1 Å². The van der Waals surface area contributed by atoms with E-state index in [9.17, 15) is 0 Å². The molecule has 21 heavy (non-hydrogen) atoms. The minimum atomic E-state index is 0.693. The molecular weight excluding hydrogens is 264 g/mol. The topological polar surface area (TPSA) is 24.9 Å². The number of methoxy groups -OCH3 is 2. The summed E-state index contributed by atoms with van der Waals surface area (Å²) in [5, 5.41) is 0. The molecule has 0 N–H and O–H groups in total. The van der Waals surface area contributed by atoms with Gasteiger partial charge in [0.05, 0.1) is 14.2 Å². The van der Waals surface area contributed by atoms with E-state index >= 15 is 0 Å². The van der Waals surface area contributed by atoms with Gasteiger partial charge >= 0.3 is 0 Å². The van der Waals surface area contributed by atoms with Crippen molar-refractivity contribution in [1.82, 2.24) is 9.80 Å². The molecule has 0 unspecified atom stereocenters. The van der Waals surface area contributed by atoms with Gasteiger partial charge in [-0.1, -0.05) is 19.1 Å². The number of hydrogen-bond acceptors (Lipinski definition) is 4. The summed E-state index contributed by atoms with van der Waals surface area (Å²) in [6.45, 7) is 10.0. The molecule has 0 amide bonds. The first-order valence-corrected chi connectivity index (χ1v) is 7.85. The highest BCUT2D eigenvalue weighted by atomic mass is 16.5. The van der Waals surface area contributed by atoms with E-state index < -0.39 is 0 Å². The Morgan fingerprint density at radius 3 is 2.38 bits per heavy atom. The summed E-state index contributed by atoms with van der Waals surface area (Å²) < 4.78 is 10.9. The Kier molecular flexibility index (Phi) is 5.88. The van der Waals surface area contributed by atoms with Crippen molar-refractivity contribution >= 4 is 0 Å². The molecule has 1 aliphatic rings. The maximum Gasteiger partial charge on any atom is 0.165 e. The molecule has 1 aromatic carbocycles. The van der Waals surface area contributed by atoms with Crippen molar-refractivity contribution in [1.29, 1.82) is 0 Å². The predicted molar refractivity (Wildman–Crippen MR) is 86.1 cm³/mol. The average molecular weight is 292 g/mol. The van der Waals surface area contributed by atoms with Gasteiger partial charge in [-0.15, -0.1) is 0 Å². The zero-order chi connectivity index (χ0) is 15.2. The molecule has 4 nitrogen and oxygen atoms in total. The summed E-state index contributed by atoms with van der Waals surface area (Å²) in [6, 6.07) is 6.80. The Balaban J connectivity index is 1.98. The van der Waals surface area contributed by atoms with Gasteiger partial charge in [-0.25, -0.2) is 0 Å². The molecular formula is C17H28N2O2. The van der Waals surface area contributed by atoms with E-state index in [1.54, 1.807) is 14.2 Å². The summed E-state index contributed by atoms with van der Waals surface area (Å²) >= 11 is 0. The Hall–Kier alpha value is -1.26. The van der Waals surface area contributed by atoms with Crippen molar-refractivity contribution < 1.29 is 9.47 Å². The SMILES string of the molecule is CC[C@@H](C)N1CCN(Cc2cccc(OC)c2OC)CC1. The number of para-hydroxylation sites is 1. The van der Waals surface area contributed by atoms with Crippen LogP contribution in [0.2, 0.25) is 0 Å². The molecule has 1 saturated heterocycles. The molecule has 1 aromatic rings. The fraction of sp³-hybridized carbons (Fsp3) is 0.647. The summed E-state index contributed by atoms with van der Waals surface area (Å²) in [6.07, 6.45) is 1.23. The monoisotopic (exact) mass is 292 g/mol. The van der Waals surface area contributed by atoms with Gasteiger partial charge < -0.3 is 9.47 Å². The van der Waals surface area contributed by atoms with Crippen LogP contribution >= 0.6 is 0 Å². The number of hydrogen-bond donors (Lipinski definition) is 0. The average Bonchev–Trinajstić information content (AvgIpc) is 2.54. The number of piperazine rings is 1. The molecule has 1 heterocycles. The molecule has 0 saturated carbocycles. The van der Waals surface area contributed by atoms with Crippen molar-refractivity contribution in [3.63, 3.8) is 0 Å². The highest BCUT2D eigenvalue weighted by Gasteiger charge is 2.21. The standard InChI is InChI=1S/C17H28N2O2/c1-5-14(2)19-11-9-18(10-12-19)13-15-7-6-8-16(20-3)17(15)21-4/h6-8,14H,5,9-13H2,1-4H3/t14-/m1/s1. The van der Waals surface area contributed by atoms with Crippen LogP contribution in [0.5, 0.6) is 11.5 Å². The lowest BCUT2D eigenvalue weighted by Crippen LogP contribution is -2.49. The molecule has 2 rings (SSSR count). The Labute approximate surface area is 128 Å². The maximum absolute atomic E-state index is 5.52. The Morgan fingerprint density at radius 2 is 1.81 bits per heavy atom. The van der Waals surface area contributed by atoms with Crippen molar-refractivity contribution in [3.8, 4) is 11.5 Å². The summed E-state index contributed by atoms with van der Waals surface area (Å²) in [7, 11) is 3.40. The van der Waals surface area contributed by atoms with E-state index in [0.717, 1.165) is 44.2 Å². The third-order valence-electron chi connectivity index (χ3n) is 4.50. The molecule has 0 aliphatic carbocycles. The van der Waals surface area contributed by atoms with E-state index in [0.29, 0.717) is 6.04 Å². The van der Waals surface area contributed by atoms with Crippen LogP contribution in [0.3, 0.4) is 0 Å². The van der Waals surface area contributed by atoms with E-state index in [2.05, 4.69) is 29.7 Å². The number of rotatable bonds is 6. The minimum Gasteiger partial charge on any atom is -0.493 e. The second kappa shape index (κ2) is 7.66. The molecule has 0 spiro atoms. The van der Waals surface area contributed by atoms with Crippen molar-refractivity contribution in [2.24, 2.45) is 0 Å². The third-order valence-corrected chi connectivity index (χ3v) is 4.50. The van der Waals surface area contributed by atoms with Gasteiger partial charge in [0.15, 0.2) is 11.5 Å². The third kappa shape index (κ3) is 3.89. The Morgan fingerprint density at radius 1 is 1.10 bits per heavy atom. The van der Waals surface area contributed by atoms with Crippen molar-refractivity contribution in [2.75, 3.05) is 40.4 Å². The van der Waals surface area contributed by atoms with Gasteiger partial charge in [-0.2, -0.15) is 0 Å². The molecule has 0 bridgehead atoms. The van der Waals surface area contributed by atoms with Gasteiger partial charge in [-0.05, 0) is 19.4 Å². The van der Waals surface area contributed by atoms with Crippen LogP contribution < -0.4 is 9.47 Å². The molecule has 1 fully saturated rings. The maximum atomic E-state index is 5.52. The largest absolute Gasteiger partial charge is 0.493 e. The van der Waals surface area contributed by atoms with Crippen LogP contribution in [0.25, 0.3) is 0 Å².